The highest BCUT2D eigenvalue weighted by molar-refractivity contribution is 6.44. The van der Waals surface area contributed by atoms with Crippen LogP contribution in [0.5, 0.6) is 5.75 Å². The standard InChI is InChI=1S/C14H13NO4/c1-18-10-7-6-9-4-3-5-11(12(9)8-10)13(14(16)17)15-19-2/h3-8H,1-2H3,(H,16,17)/b15-13-. The molecule has 1 N–H and O–H groups in total. The summed E-state index contributed by atoms with van der Waals surface area (Å²) in [6, 6.07) is 10.8. The van der Waals surface area contributed by atoms with E-state index in [2.05, 4.69) is 9.99 Å². The average molecular weight is 259 g/mol. The molecule has 0 aliphatic rings. The lowest BCUT2D eigenvalue weighted by Gasteiger charge is -2.08. The van der Waals surface area contributed by atoms with E-state index in [-0.39, 0.29) is 5.71 Å². The Labute approximate surface area is 110 Å². The number of ether oxygens (including phenoxy) is 1. The lowest BCUT2D eigenvalue weighted by atomic mass is 10.0. The molecule has 0 atom stereocenters. The SMILES string of the molecule is CO/N=C(\C(=O)O)c1cccc2ccc(OC)cc12. The molecule has 5 nitrogen and oxygen atoms in total. The number of hydrogen-bond acceptors (Lipinski definition) is 4. The lowest BCUT2D eigenvalue weighted by Crippen LogP contribution is -2.15. The Hall–Kier alpha value is -2.56. The van der Waals surface area contributed by atoms with E-state index < -0.39 is 5.97 Å². The summed E-state index contributed by atoms with van der Waals surface area (Å²) in [5, 5.41) is 14.4. The number of benzene rings is 2. The van der Waals surface area contributed by atoms with Crippen molar-refractivity contribution in [3.05, 3.63) is 42.0 Å². The van der Waals surface area contributed by atoms with E-state index in [0.717, 1.165) is 10.8 Å². The Kier molecular flexibility index (Phi) is 3.66. The van der Waals surface area contributed by atoms with Crippen molar-refractivity contribution in [1.82, 2.24) is 0 Å². The second-order valence-corrected chi connectivity index (χ2v) is 3.82. The largest absolute Gasteiger partial charge is 0.497 e. The predicted molar refractivity (Wildman–Crippen MR) is 71.7 cm³/mol. The summed E-state index contributed by atoms with van der Waals surface area (Å²) in [6.45, 7) is 0. The molecule has 0 spiro atoms. The minimum absolute atomic E-state index is 0.138. The molecule has 0 saturated carbocycles. The number of hydrogen-bond donors (Lipinski definition) is 1. The monoisotopic (exact) mass is 259 g/mol. The van der Waals surface area contributed by atoms with Gasteiger partial charge in [-0.05, 0) is 22.9 Å². The first-order valence-corrected chi connectivity index (χ1v) is 5.59. The van der Waals surface area contributed by atoms with E-state index >= 15 is 0 Å². The molecule has 0 unspecified atom stereocenters. The van der Waals surface area contributed by atoms with Gasteiger partial charge in [0, 0.05) is 5.56 Å². The number of aliphatic carboxylic acids is 1. The number of carboxylic acid groups (broad SMARTS) is 1. The first-order valence-electron chi connectivity index (χ1n) is 5.59. The van der Waals surface area contributed by atoms with Crippen LogP contribution in [0, 0.1) is 0 Å². The van der Waals surface area contributed by atoms with E-state index in [1.807, 2.05) is 18.2 Å². The summed E-state index contributed by atoms with van der Waals surface area (Å²) in [7, 11) is 2.87. The molecule has 5 heteroatoms. The van der Waals surface area contributed by atoms with Gasteiger partial charge < -0.3 is 14.7 Å². The van der Waals surface area contributed by atoms with Gasteiger partial charge in [0.15, 0.2) is 5.71 Å². The van der Waals surface area contributed by atoms with Crippen LogP contribution in [-0.4, -0.2) is 31.0 Å². The molecular weight excluding hydrogens is 246 g/mol. The highest BCUT2D eigenvalue weighted by Crippen LogP contribution is 2.24. The predicted octanol–water partition coefficient (Wildman–Crippen LogP) is 2.28. The van der Waals surface area contributed by atoms with Crippen LogP contribution < -0.4 is 4.74 Å². The number of fused-ring (bicyclic) bond motifs is 1. The van der Waals surface area contributed by atoms with E-state index in [1.165, 1.54) is 7.11 Å². The molecule has 0 saturated heterocycles. The number of methoxy groups -OCH3 is 1. The summed E-state index contributed by atoms with van der Waals surface area (Å²) in [5.74, 6) is -0.487. The minimum Gasteiger partial charge on any atom is -0.497 e. The zero-order valence-corrected chi connectivity index (χ0v) is 10.6. The average Bonchev–Trinajstić information content (AvgIpc) is 2.43. The maximum atomic E-state index is 11.2. The van der Waals surface area contributed by atoms with Gasteiger partial charge in [0.1, 0.15) is 12.9 Å². The minimum atomic E-state index is -1.14. The fraction of sp³-hybridized carbons (Fsp3) is 0.143. The van der Waals surface area contributed by atoms with E-state index in [4.69, 9.17) is 4.74 Å². The van der Waals surface area contributed by atoms with Crippen molar-refractivity contribution in [3.63, 3.8) is 0 Å². The summed E-state index contributed by atoms with van der Waals surface area (Å²) in [4.78, 5) is 15.8. The van der Waals surface area contributed by atoms with E-state index in [1.54, 1.807) is 25.3 Å². The van der Waals surface area contributed by atoms with Crippen LogP contribution >= 0.6 is 0 Å². The van der Waals surface area contributed by atoms with Crippen molar-refractivity contribution in [2.45, 2.75) is 0 Å². The Morgan fingerprint density at radius 3 is 2.63 bits per heavy atom. The number of nitrogens with zero attached hydrogens (tertiary/aromatic N) is 1. The summed E-state index contributed by atoms with van der Waals surface area (Å²) in [5.41, 5.74) is 0.354. The van der Waals surface area contributed by atoms with Crippen molar-refractivity contribution >= 4 is 22.5 Å². The van der Waals surface area contributed by atoms with E-state index in [9.17, 15) is 9.90 Å². The summed E-state index contributed by atoms with van der Waals surface area (Å²) < 4.78 is 5.16. The molecule has 0 aromatic heterocycles. The highest BCUT2D eigenvalue weighted by Gasteiger charge is 2.16. The van der Waals surface area contributed by atoms with Gasteiger partial charge >= 0.3 is 5.97 Å². The van der Waals surface area contributed by atoms with Crippen LogP contribution in [0.1, 0.15) is 5.56 Å². The van der Waals surface area contributed by atoms with Crippen LogP contribution in [0.25, 0.3) is 10.8 Å². The molecule has 2 aromatic carbocycles. The normalized spacial score (nSPS) is 11.4. The zero-order chi connectivity index (χ0) is 13.8. The van der Waals surface area contributed by atoms with Crippen LogP contribution in [0.4, 0.5) is 0 Å². The third-order valence-electron chi connectivity index (χ3n) is 2.73. The Morgan fingerprint density at radius 1 is 1.21 bits per heavy atom. The van der Waals surface area contributed by atoms with Crippen molar-refractivity contribution in [3.8, 4) is 5.75 Å². The molecular formula is C14H13NO4. The van der Waals surface area contributed by atoms with Gasteiger partial charge in [-0.1, -0.05) is 29.4 Å². The molecule has 98 valence electrons. The zero-order valence-electron chi connectivity index (χ0n) is 10.6. The number of carbonyl (C=O) groups is 1. The van der Waals surface area contributed by atoms with Crippen molar-refractivity contribution in [2.75, 3.05) is 14.2 Å². The second kappa shape index (κ2) is 5.39. The third kappa shape index (κ3) is 2.49. The molecule has 0 fully saturated rings. The van der Waals surface area contributed by atoms with Gasteiger partial charge in [0.05, 0.1) is 7.11 Å². The summed E-state index contributed by atoms with van der Waals surface area (Å²) in [6.07, 6.45) is 0. The Morgan fingerprint density at radius 2 is 2.00 bits per heavy atom. The second-order valence-electron chi connectivity index (χ2n) is 3.82. The molecule has 0 aliphatic carbocycles. The number of oxime groups is 1. The van der Waals surface area contributed by atoms with Gasteiger partial charge in [-0.25, -0.2) is 4.79 Å². The first kappa shape index (κ1) is 12.9. The van der Waals surface area contributed by atoms with Gasteiger partial charge in [-0.3, -0.25) is 0 Å². The molecule has 19 heavy (non-hydrogen) atoms. The third-order valence-corrected chi connectivity index (χ3v) is 2.73. The first-order chi connectivity index (χ1) is 9.17. The lowest BCUT2D eigenvalue weighted by molar-refractivity contribution is -0.129. The molecule has 0 heterocycles. The fourth-order valence-corrected chi connectivity index (χ4v) is 1.88. The Bertz CT molecular complexity index is 649. The van der Waals surface area contributed by atoms with Crippen molar-refractivity contribution < 1.29 is 19.5 Å². The van der Waals surface area contributed by atoms with Crippen LogP contribution in [0.15, 0.2) is 41.6 Å². The topological polar surface area (TPSA) is 68.1 Å². The number of rotatable bonds is 4. The van der Waals surface area contributed by atoms with Crippen LogP contribution in [0.2, 0.25) is 0 Å². The Balaban J connectivity index is 2.71. The molecule has 0 radical (unpaired) electrons. The number of carboxylic acids is 1. The maximum Gasteiger partial charge on any atom is 0.358 e. The van der Waals surface area contributed by atoms with Gasteiger partial charge in [-0.15, -0.1) is 0 Å². The van der Waals surface area contributed by atoms with Crippen molar-refractivity contribution in [1.29, 1.82) is 0 Å². The van der Waals surface area contributed by atoms with Gasteiger partial charge in [-0.2, -0.15) is 0 Å². The summed E-state index contributed by atoms with van der Waals surface area (Å²) >= 11 is 0. The smallest absolute Gasteiger partial charge is 0.358 e. The quantitative estimate of drug-likeness (QED) is 0.675. The molecule has 2 rings (SSSR count). The fourth-order valence-electron chi connectivity index (χ4n) is 1.88. The maximum absolute atomic E-state index is 11.2. The van der Waals surface area contributed by atoms with Gasteiger partial charge in [0.2, 0.25) is 0 Å². The molecule has 0 amide bonds. The van der Waals surface area contributed by atoms with Gasteiger partial charge in [0.25, 0.3) is 0 Å². The van der Waals surface area contributed by atoms with E-state index in [0.29, 0.717) is 11.3 Å². The molecule has 2 aromatic rings. The van der Waals surface area contributed by atoms with Crippen molar-refractivity contribution in [2.24, 2.45) is 5.16 Å². The van der Waals surface area contributed by atoms with Crippen LogP contribution in [-0.2, 0) is 9.63 Å². The van der Waals surface area contributed by atoms with Crippen LogP contribution in [0.3, 0.4) is 0 Å². The highest BCUT2D eigenvalue weighted by atomic mass is 16.6. The molecule has 0 aliphatic heterocycles. The molecule has 0 bridgehead atoms.